The Morgan fingerprint density at radius 2 is 1.75 bits per heavy atom. The summed E-state index contributed by atoms with van der Waals surface area (Å²) in [5.74, 6) is -2.51. The van der Waals surface area contributed by atoms with Crippen LogP contribution >= 0.6 is 0 Å². The third-order valence-corrected chi connectivity index (χ3v) is 1.44. The van der Waals surface area contributed by atoms with Crippen molar-refractivity contribution in [3.8, 4) is 0 Å². The number of rotatable bonds is 3. The summed E-state index contributed by atoms with van der Waals surface area (Å²) in [7, 11) is 0. The van der Waals surface area contributed by atoms with Gasteiger partial charge < -0.3 is 9.90 Å². The zero-order valence-corrected chi connectivity index (χ0v) is 6.32. The van der Waals surface area contributed by atoms with Crippen molar-refractivity contribution in [2.45, 2.75) is 6.42 Å². The molecule has 0 bridgehead atoms. The van der Waals surface area contributed by atoms with E-state index in [4.69, 9.17) is 0 Å². The van der Waals surface area contributed by atoms with Crippen LogP contribution in [0.25, 0.3) is 0 Å². The highest BCUT2D eigenvalue weighted by Crippen LogP contribution is 1.99. The first-order valence-electron chi connectivity index (χ1n) is 3.48. The number of carboxylic acids is 1. The summed E-state index contributed by atoms with van der Waals surface area (Å²) in [6.07, 6.45) is -0.0941. The Balaban J connectivity index is 2.65. The molecule has 0 N–H and O–H groups in total. The molecule has 0 aromatic heterocycles. The third kappa shape index (κ3) is 2.20. The minimum absolute atomic E-state index is 0.0941. The van der Waals surface area contributed by atoms with E-state index in [0.717, 1.165) is 0 Å². The maximum Gasteiger partial charge on any atom is 0.182 e. The molecule has 0 aliphatic rings. The fourth-order valence-electron chi connectivity index (χ4n) is 0.853. The fourth-order valence-corrected chi connectivity index (χ4v) is 0.853. The van der Waals surface area contributed by atoms with Crippen molar-refractivity contribution in [3.05, 3.63) is 35.9 Å². The van der Waals surface area contributed by atoms with Crippen molar-refractivity contribution < 1.29 is 14.7 Å². The molecular formula is C9H7O3-. The lowest BCUT2D eigenvalue weighted by Crippen LogP contribution is -2.32. The van der Waals surface area contributed by atoms with Gasteiger partial charge in [-0.15, -0.1) is 0 Å². The van der Waals surface area contributed by atoms with Gasteiger partial charge in [-0.1, -0.05) is 30.3 Å². The molecule has 1 aromatic carbocycles. The summed E-state index contributed by atoms with van der Waals surface area (Å²) in [5.41, 5.74) is 0.687. The summed E-state index contributed by atoms with van der Waals surface area (Å²) in [6, 6.07) is 8.68. The van der Waals surface area contributed by atoms with Gasteiger partial charge in [0, 0.05) is 6.42 Å². The van der Waals surface area contributed by atoms with Crippen molar-refractivity contribution in [3.63, 3.8) is 0 Å². The first kappa shape index (κ1) is 8.46. The van der Waals surface area contributed by atoms with Gasteiger partial charge in [-0.2, -0.15) is 0 Å². The maximum atomic E-state index is 10.7. The molecule has 0 unspecified atom stereocenters. The van der Waals surface area contributed by atoms with E-state index in [-0.39, 0.29) is 6.42 Å². The van der Waals surface area contributed by atoms with Crippen LogP contribution in [0.3, 0.4) is 0 Å². The van der Waals surface area contributed by atoms with Gasteiger partial charge in [0.25, 0.3) is 0 Å². The normalized spacial score (nSPS) is 9.33. The van der Waals surface area contributed by atoms with E-state index in [9.17, 15) is 14.7 Å². The van der Waals surface area contributed by atoms with Crippen LogP contribution in [-0.4, -0.2) is 11.8 Å². The number of ketones is 1. The zero-order valence-electron chi connectivity index (χ0n) is 6.32. The number of hydrogen-bond acceptors (Lipinski definition) is 3. The SMILES string of the molecule is O=C([O-])C(=O)Cc1ccccc1. The Labute approximate surface area is 69.6 Å². The Morgan fingerprint density at radius 1 is 1.17 bits per heavy atom. The molecule has 0 heterocycles. The Bertz CT molecular complexity index is 290. The van der Waals surface area contributed by atoms with Gasteiger partial charge in [-0.25, -0.2) is 0 Å². The summed E-state index contributed by atoms with van der Waals surface area (Å²) < 4.78 is 0. The smallest absolute Gasteiger partial charge is 0.182 e. The molecule has 0 aliphatic heterocycles. The van der Waals surface area contributed by atoms with E-state index in [2.05, 4.69) is 0 Å². The molecule has 0 saturated heterocycles. The van der Waals surface area contributed by atoms with Crippen molar-refractivity contribution in [1.82, 2.24) is 0 Å². The van der Waals surface area contributed by atoms with Crippen LogP contribution < -0.4 is 5.11 Å². The first-order chi connectivity index (χ1) is 5.70. The van der Waals surface area contributed by atoms with E-state index in [0.29, 0.717) is 5.56 Å². The first-order valence-corrected chi connectivity index (χ1v) is 3.48. The predicted molar refractivity (Wildman–Crippen MR) is 40.2 cm³/mol. The van der Waals surface area contributed by atoms with E-state index >= 15 is 0 Å². The van der Waals surface area contributed by atoms with Crippen LogP contribution in [-0.2, 0) is 16.0 Å². The highest BCUT2D eigenvalue weighted by atomic mass is 16.4. The molecule has 1 rings (SSSR count). The number of aliphatic carboxylic acids is 1. The second-order valence-electron chi connectivity index (χ2n) is 2.37. The van der Waals surface area contributed by atoms with Gasteiger partial charge >= 0.3 is 0 Å². The van der Waals surface area contributed by atoms with Crippen LogP contribution in [0, 0.1) is 0 Å². The largest absolute Gasteiger partial charge is 0.542 e. The van der Waals surface area contributed by atoms with Gasteiger partial charge in [-0.3, -0.25) is 4.79 Å². The zero-order chi connectivity index (χ0) is 8.97. The summed E-state index contributed by atoms with van der Waals surface area (Å²) in [6.45, 7) is 0. The molecule has 0 saturated carbocycles. The van der Waals surface area contributed by atoms with Crippen molar-refractivity contribution in [2.24, 2.45) is 0 Å². The Kier molecular flexibility index (Phi) is 2.58. The lowest BCUT2D eigenvalue weighted by Gasteiger charge is -2.00. The molecule has 3 nitrogen and oxygen atoms in total. The molecule has 1 aromatic rings. The molecular weight excluding hydrogens is 156 g/mol. The summed E-state index contributed by atoms with van der Waals surface area (Å²) in [4.78, 5) is 20.7. The number of carbonyl (C=O) groups excluding carboxylic acids is 2. The maximum absolute atomic E-state index is 10.7. The Morgan fingerprint density at radius 3 is 2.25 bits per heavy atom. The van der Waals surface area contributed by atoms with Crippen molar-refractivity contribution in [2.75, 3.05) is 0 Å². The van der Waals surface area contributed by atoms with Gasteiger partial charge in [-0.05, 0) is 5.56 Å². The van der Waals surface area contributed by atoms with E-state index < -0.39 is 11.8 Å². The average molecular weight is 163 g/mol. The number of carbonyl (C=O) groups is 2. The topological polar surface area (TPSA) is 57.2 Å². The summed E-state index contributed by atoms with van der Waals surface area (Å²) in [5, 5.41) is 10.0. The molecule has 62 valence electrons. The minimum atomic E-state index is -1.63. The average Bonchev–Trinajstić information content (AvgIpc) is 2.06. The molecule has 0 aliphatic carbocycles. The van der Waals surface area contributed by atoms with Gasteiger partial charge in [0.15, 0.2) is 5.78 Å². The standard InChI is InChI=1S/C9H8O3/c10-8(9(11)12)6-7-4-2-1-3-5-7/h1-5H,6H2,(H,11,12)/p-1. The predicted octanol–water partition coefficient (Wildman–Crippen LogP) is -0.452. The second kappa shape index (κ2) is 3.67. The summed E-state index contributed by atoms with van der Waals surface area (Å²) >= 11 is 0. The minimum Gasteiger partial charge on any atom is -0.542 e. The number of Topliss-reactive ketones (excluding diaryl/α,β-unsaturated/α-hetero) is 1. The molecule has 3 heteroatoms. The monoisotopic (exact) mass is 163 g/mol. The molecule has 0 fully saturated rings. The van der Waals surface area contributed by atoms with Crippen LogP contribution in [0.1, 0.15) is 5.56 Å². The quantitative estimate of drug-likeness (QED) is 0.567. The number of carboxylic acid groups (broad SMARTS) is 1. The lowest BCUT2D eigenvalue weighted by atomic mass is 10.1. The van der Waals surface area contributed by atoms with Gasteiger partial charge in [0.2, 0.25) is 0 Å². The van der Waals surface area contributed by atoms with Gasteiger partial charge in [0.05, 0.1) is 0 Å². The highest BCUT2D eigenvalue weighted by Gasteiger charge is 2.02. The highest BCUT2D eigenvalue weighted by molar-refractivity contribution is 6.32. The van der Waals surface area contributed by atoms with E-state index in [1.165, 1.54) is 0 Å². The number of benzene rings is 1. The van der Waals surface area contributed by atoms with E-state index in [1.807, 2.05) is 0 Å². The second-order valence-corrected chi connectivity index (χ2v) is 2.37. The van der Waals surface area contributed by atoms with Crippen LogP contribution in [0.2, 0.25) is 0 Å². The molecule has 12 heavy (non-hydrogen) atoms. The van der Waals surface area contributed by atoms with Crippen molar-refractivity contribution in [1.29, 1.82) is 0 Å². The van der Waals surface area contributed by atoms with Crippen LogP contribution in [0.15, 0.2) is 30.3 Å². The van der Waals surface area contributed by atoms with Crippen LogP contribution in [0.4, 0.5) is 0 Å². The fraction of sp³-hybridized carbons (Fsp3) is 0.111. The molecule has 0 atom stereocenters. The number of hydrogen-bond donors (Lipinski definition) is 0. The van der Waals surface area contributed by atoms with Crippen LogP contribution in [0.5, 0.6) is 0 Å². The molecule has 0 radical (unpaired) electrons. The third-order valence-electron chi connectivity index (χ3n) is 1.44. The van der Waals surface area contributed by atoms with Crippen molar-refractivity contribution >= 4 is 11.8 Å². The molecule has 0 spiro atoms. The Hall–Kier alpha value is -1.64. The lowest BCUT2D eigenvalue weighted by molar-refractivity contribution is -0.299. The molecule has 0 amide bonds. The van der Waals surface area contributed by atoms with E-state index in [1.54, 1.807) is 30.3 Å². The van der Waals surface area contributed by atoms with Gasteiger partial charge in [0.1, 0.15) is 5.97 Å².